The van der Waals surface area contributed by atoms with E-state index < -0.39 is 30.1 Å². The lowest BCUT2D eigenvalue weighted by atomic mass is 9.95. The number of hydrogen-bond donors (Lipinski definition) is 3. The molecule has 15 aromatic rings. The first-order chi connectivity index (χ1) is 59.4. The number of Topliss-reactive ketones (excluding diaryl/α,β-unsaturated/α-hetero) is 1. The van der Waals surface area contributed by atoms with E-state index in [4.69, 9.17) is 19.8 Å². The minimum atomic E-state index is -3.67. The van der Waals surface area contributed by atoms with E-state index in [-0.39, 0.29) is 38.2 Å². The van der Waals surface area contributed by atoms with Crippen LogP contribution in [0.2, 0.25) is 0 Å². The monoisotopic (exact) mass is 1710 g/mol. The number of ketones is 2. The van der Waals surface area contributed by atoms with Crippen LogP contribution in [0.3, 0.4) is 0 Å². The predicted octanol–water partition coefficient (Wildman–Crippen LogP) is 20.2. The number of aromatic nitrogens is 4. The van der Waals surface area contributed by atoms with E-state index in [1.54, 1.807) is 60.7 Å². The molecule has 1 fully saturated rings. The van der Waals surface area contributed by atoms with Gasteiger partial charge in [0.05, 0.1) is 31.8 Å². The van der Waals surface area contributed by atoms with Crippen molar-refractivity contribution < 1.29 is 53.6 Å². The first-order valence-electron chi connectivity index (χ1n) is 40.4. The maximum atomic E-state index is 12.2. The van der Waals surface area contributed by atoms with Crippen LogP contribution in [0, 0.1) is 40.5 Å². The summed E-state index contributed by atoms with van der Waals surface area (Å²) in [6.07, 6.45) is 13.4. The van der Waals surface area contributed by atoms with Gasteiger partial charge >= 0.3 is 0 Å². The number of hydrogen-bond acceptors (Lipinski definition) is 13. The Morgan fingerprint density at radius 3 is 1.28 bits per heavy atom. The van der Waals surface area contributed by atoms with Gasteiger partial charge in [-0.05, 0) is 202 Å². The average Bonchev–Trinajstić information content (AvgIpc) is 1.59. The van der Waals surface area contributed by atoms with E-state index in [0.717, 1.165) is 140 Å². The quantitative estimate of drug-likeness (QED) is 0.0420. The van der Waals surface area contributed by atoms with Crippen LogP contribution in [-0.4, -0.2) is 74.4 Å². The summed E-state index contributed by atoms with van der Waals surface area (Å²) in [5.74, 6) is 1.74. The number of nitrogens with zero attached hydrogens (tertiary/aromatic N) is 4. The van der Waals surface area contributed by atoms with Gasteiger partial charge in [-0.1, -0.05) is 237 Å². The number of carbonyl (C=O) groups is 5. The summed E-state index contributed by atoms with van der Waals surface area (Å²) in [7, 11) is -11.0. The standard InChI is InChI=1S/2C18H18N2O2S.C18H15NO2.C17H16N2O2S.C16H14O2.C15H18O2/c2*1-13-3-5-15(6-4-13)18-11-14(2)12-20(18)16-7-9-17(10-8-16)23(19,21)22;20-13-7-12-16-19-17(14-8-3-1-4-9-14)18(21-16)15-10-5-2-6-11-15;1-13-4-6-14(7-5-13)17-3-2-12-19(17)15-8-10-16(11-9-15)22(18,20)21;1-12(11-17)14-8-5-9-15(10-14)16(18)13-6-3-2-4-7-13;1-11(10-16)13-7-5-12(6-8-13)9-14-3-2-4-15(14)17/h2*3-12H,1-2H3,(H2,19,21,22);1-6,8-11,13H,7,12H2;2-12H,1H3,(H2,18,20,21);2-12H,1H3;5-8,10-11,14H,2-4,9H2,1H3. The molecule has 124 heavy (non-hydrogen) atoms. The van der Waals surface area contributed by atoms with Gasteiger partial charge in [0.1, 0.15) is 30.3 Å². The van der Waals surface area contributed by atoms with Crippen LogP contribution in [0.25, 0.3) is 73.4 Å². The fourth-order valence-corrected chi connectivity index (χ4v) is 15.5. The molecule has 0 aliphatic heterocycles. The summed E-state index contributed by atoms with van der Waals surface area (Å²) in [4.78, 5) is 60.7. The van der Waals surface area contributed by atoms with Crippen LogP contribution in [0.15, 0.2) is 347 Å². The molecule has 16 rings (SSSR count). The zero-order valence-electron chi connectivity index (χ0n) is 70.0. The smallest absolute Gasteiger partial charge is 0.238 e. The third-order valence-electron chi connectivity index (χ3n) is 20.8. The molecule has 4 aromatic heterocycles. The summed E-state index contributed by atoms with van der Waals surface area (Å²) in [5.41, 5.74) is 22.3. The van der Waals surface area contributed by atoms with Crippen LogP contribution >= 0.6 is 0 Å². The molecule has 3 unspecified atom stereocenters. The lowest BCUT2D eigenvalue weighted by Crippen LogP contribution is -2.12. The zero-order valence-corrected chi connectivity index (χ0v) is 72.5. The number of benzene rings is 11. The van der Waals surface area contributed by atoms with E-state index in [0.29, 0.717) is 35.6 Å². The van der Waals surface area contributed by atoms with Crippen molar-refractivity contribution in [2.75, 3.05) is 0 Å². The highest BCUT2D eigenvalue weighted by atomic mass is 32.2. The van der Waals surface area contributed by atoms with Crippen molar-refractivity contribution >= 4 is 60.5 Å². The maximum absolute atomic E-state index is 12.2. The van der Waals surface area contributed by atoms with E-state index in [1.807, 2.05) is 187 Å². The number of carbonyl (C=O) groups excluding carboxylic acids is 5. The molecule has 6 N–H and O–H groups in total. The van der Waals surface area contributed by atoms with Gasteiger partial charge in [-0.2, -0.15) is 0 Å². The Balaban J connectivity index is 0.000000145. The van der Waals surface area contributed by atoms with Gasteiger partial charge in [-0.3, -0.25) is 9.59 Å². The van der Waals surface area contributed by atoms with Crippen molar-refractivity contribution in [3.8, 4) is 73.4 Å². The molecule has 0 saturated heterocycles. The van der Waals surface area contributed by atoms with Crippen LogP contribution in [-0.2, 0) is 62.1 Å². The molecule has 3 atom stereocenters. The zero-order chi connectivity index (χ0) is 88.7. The van der Waals surface area contributed by atoms with Crippen molar-refractivity contribution in [3.05, 3.63) is 390 Å². The highest BCUT2D eigenvalue weighted by Crippen LogP contribution is 2.35. The first kappa shape index (κ1) is 91.3. The Morgan fingerprint density at radius 1 is 0.435 bits per heavy atom. The average molecular weight is 1710 g/mol. The Hall–Kier alpha value is -13.5. The fourth-order valence-electron chi connectivity index (χ4n) is 13.9. The second-order valence-corrected chi connectivity index (χ2v) is 35.1. The molecule has 19 nitrogen and oxygen atoms in total. The minimum absolute atomic E-state index is 0.0180. The third kappa shape index (κ3) is 24.9. The van der Waals surface area contributed by atoms with Crippen molar-refractivity contribution in [1.82, 2.24) is 18.7 Å². The second kappa shape index (κ2) is 42.4. The van der Waals surface area contributed by atoms with Gasteiger partial charge in [0.15, 0.2) is 17.4 Å². The number of primary sulfonamides is 3. The normalized spacial score (nSPS) is 12.8. The molecule has 22 heteroatoms. The maximum Gasteiger partial charge on any atom is 0.238 e. The predicted molar refractivity (Wildman–Crippen MR) is 491 cm³/mol. The molecule has 4 heterocycles. The van der Waals surface area contributed by atoms with Crippen molar-refractivity contribution in [1.29, 1.82) is 0 Å². The van der Waals surface area contributed by atoms with Crippen molar-refractivity contribution in [2.24, 2.45) is 21.3 Å². The van der Waals surface area contributed by atoms with E-state index in [1.165, 1.54) is 58.7 Å². The number of rotatable bonds is 22. The SMILES string of the molecule is CC(C=O)c1ccc(CC2CCCC2=O)cc1.CC(C=O)c1cccc(C(=O)c2ccccc2)c1.Cc1ccc(-c2cc(C)cn2-c2ccc(S(N)(=O)=O)cc2)cc1.Cc1ccc(-c2cc(C)cn2-c2ccc(S(N)(=O)=O)cc2)cc1.Cc1ccc(-c2cccn2-c2ccc(S(N)(=O)=O)cc2)cc1.O=CCCc1nc(-c2ccccc2)c(-c2ccccc2)o1. The Labute approximate surface area is 725 Å². The molecule has 0 radical (unpaired) electrons. The lowest BCUT2D eigenvalue weighted by Gasteiger charge is -2.10. The van der Waals surface area contributed by atoms with Gasteiger partial charge in [0.2, 0.25) is 30.1 Å². The van der Waals surface area contributed by atoms with Crippen molar-refractivity contribution in [2.45, 2.75) is 114 Å². The number of aryl methyl sites for hydroxylation is 6. The summed E-state index contributed by atoms with van der Waals surface area (Å²) < 4.78 is 80.1. The van der Waals surface area contributed by atoms with Crippen LogP contribution in [0.5, 0.6) is 0 Å². The van der Waals surface area contributed by atoms with E-state index in [2.05, 4.69) is 111 Å². The molecule has 0 spiro atoms. The molecule has 0 bridgehead atoms. The second-order valence-electron chi connectivity index (χ2n) is 30.4. The first-order valence-corrected chi connectivity index (χ1v) is 45.0. The highest BCUT2D eigenvalue weighted by molar-refractivity contribution is 7.89. The number of sulfonamides is 3. The molecule has 1 aliphatic carbocycles. The molecule has 0 amide bonds. The third-order valence-corrected chi connectivity index (χ3v) is 23.6. The molecular formula is C102H99N7O12S3. The minimum Gasteiger partial charge on any atom is -0.440 e. The number of aldehydes is 3. The van der Waals surface area contributed by atoms with Gasteiger partial charge in [-0.25, -0.2) is 45.7 Å². The van der Waals surface area contributed by atoms with Crippen LogP contribution in [0.4, 0.5) is 0 Å². The fraction of sp³-hybridized carbons (Fsp3) is 0.157. The Morgan fingerprint density at radius 2 is 0.855 bits per heavy atom. The van der Waals surface area contributed by atoms with Gasteiger partial charge < -0.3 is 32.5 Å². The number of nitrogens with two attached hydrogens (primary N) is 3. The highest BCUT2D eigenvalue weighted by Gasteiger charge is 2.25. The molecule has 11 aromatic carbocycles. The van der Waals surface area contributed by atoms with Gasteiger partial charge in [0.25, 0.3) is 0 Å². The molecule has 632 valence electrons. The van der Waals surface area contributed by atoms with Gasteiger partial charge in [0, 0.05) is 94.9 Å². The molecule has 1 aliphatic rings. The Kier molecular flexibility index (Phi) is 31.2. The van der Waals surface area contributed by atoms with E-state index >= 15 is 0 Å². The molecule has 1 saturated carbocycles. The summed E-state index contributed by atoms with van der Waals surface area (Å²) in [5, 5.41) is 15.4. The van der Waals surface area contributed by atoms with E-state index in [9.17, 15) is 49.2 Å². The Bertz CT molecular complexity index is 6260. The summed E-state index contributed by atoms with van der Waals surface area (Å²) in [6.45, 7) is 13.9. The lowest BCUT2D eigenvalue weighted by molar-refractivity contribution is -0.120. The summed E-state index contributed by atoms with van der Waals surface area (Å²) >= 11 is 0. The van der Waals surface area contributed by atoms with Crippen molar-refractivity contribution in [3.63, 3.8) is 0 Å². The topological polar surface area (TPSA) is 307 Å². The number of oxazole rings is 1. The van der Waals surface area contributed by atoms with Crippen LogP contribution < -0.4 is 15.4 Å². The molecular weight excluding hydrogens is 1610 g/mol. The largest absolute Gasteiger partial charge is 0.440 e. The van der Waals surface area contributed by atoms with Gasteiger partial charge in [-0.15, -0.1) is 0 Å². The summed E-state index contributed by atoms with van der Waals surface area (Å²) in [6, 6.07) is 97.1. The van der Waals surface area contributed by atoms with Crippen LogP contribution in [0.1, 0.15) is 118 Å².